The van der Waals surface area contributed by atoms with Crippen LogP contribution in [0.1, 0.15) is 36.6 Å². The Hall–Kier alpha value is -5.04. The third-order valence-electron chi connectivity index (χ3n) is 5.14. The first-order chi connectivity index (χ1) is 17.1. The van der Waals surface area contributed by atoms with E-state index in [2.05, 4.69) is 10.4 Å². The fraction of sp³-hybridized carbons (Fsp3) is 0. The van der Waals surface area contributed by atoms with E-state index in [1.54, 1.807) is 103 Å². The van der Waals surface area contributed by atoms with E-state index in [1.165, 1.54) is 0 Å². The molecule has 0 aliphatic rings. The van der Waals surface area contributed by atoms with Crippen LogP contribution in [0.25, 0.3) is 0 Å². The molecule has 0 spiro atoms. The number of nitrogens with zero attached hydrogens (tertiary/aromatic N) is 1. The van der Waals surface area contributed by atoms with E-state index in [0.29, 0.717) is 22.4 Å². The molecule has 1 amide bonds. The summed E-state index contributed by atoms with van der Waals surface area (Å²) >= 11 is 0. The number of esters is 1. The molecule has 0 radical (unpaired) electrons. The van der Waals surface area contributed by atoms with Crippen molar-refractivity contribution < 1.29 is 19.1 Å². The third-order valence-corrected chi connectivity index (χ3v) is 5.14. The van der Waals surface area contributed by atoms with E-state index in [0.717, 1.165) is 0 Å². The second-order valence-electron chi connectivity index (χ2n) is 7.46. The van der Waals surface area contributed by atoms with Crippen LogP contribution < -0.4 is 15.9 Å². The number of hydrazone groups is 1. The smallest absolute Gasteiger partial charge is 0.343 e. The molecule has 172 valence electrons. The number of hydrogen-bond donors (Lipinski definition) is 2. The Morgan fingerprint density at radius 1 is 0.657 bits per heavy atom. The van der Waals surface area contributed by atoms with Gasteiger partial charge >= 0.3 is 5.97 Å². The number of ketones is 1. The molecule has 0 aromatic heterocycles. The van der Waals surface area contributed by atoms with E-state index in [1.807, 2.05) is 6.07 Å². The Kier molecular flexibility index (Phi) is 7.08. The molecule has 7 heteroatoms. The predicted octanol–water partition coefficient (Wildman–Crippen LogP) is 4.70. The zero-order valence-electron chi connectivity index (χ0n) is 18.5. The monoisotopic (exact) mass is 463 g/mol. The normalized spacial score (nSPS) is 10.9. The number of amides is 1. The Bertz CT molecular complexity index is 1380. The van der Waals surface area contributed by atoms with Crippen LogP contribution in [0.4, 0.5) is 5.69 Å². The highest BCUT2D eigenvalue weighted by molar-refractivity contribution is 6.52. The Balaban J connectivity index is 1.52. The van der Waals surface area contributed by atoms with Gasteiger partial charge in [0, 0.05) is 22.4 Å². The van der Waals surface area contributed by atoms with Crippen LogP contribution in [0.2, 0.25) is 0 Å². The summed E-state index contributed by atoms with van der Waals surface area (Å²) in [4.78, 5) is 38.1. The lowest BCUT2D eigenvalue weighted by atomic mass is 9.99. The largest absolute Gasteiger partial charge is 0.422 e. The predicted molar refractivity (Wildman–Crippen MR) is 134 cm³/mol. The van der Waals surface area contributed by atoms with Crippen molar-refractivity contribution in [2.45, 2.75) is 0 Å². The number of hydrogen-bond acceptors (Lipinski definition) is 6. The van der Waals surface area contributed by atoms with E-state index >= 15 is 0 Å². The highest BCUT2D eigenvalue weighted by Crippen LogP contribution is 2.23. The number of nitrogens with one attached hydrogen (secondary N) is 1. The standard InChI is InChI=1S/C28H21N3O4/c29-31-25(23-13-7-8-14-24(23)35-28(34)21-11-5-2-6-12-21)26(32)19-15-17-22(18-16-19)30-27(33)20-9-3-1-4-10-20/h1-18H,29H2,(H,30,33)/b31-25+. The number of nitrogens with two attached hydrogens (primary N) is 1. The Labute approximate surface area is 201 Å². The van der Waals surface area contributed by atoms with Crippen LogP contribution in [-0.4, -0.2) is 23.4 Å². The molecule has 0 unspecified atom stereocenters. The molecule has 0 atom stereocenters. The minimum Gasteiger partial charge on any atom is -0.422 e. The molecule has 0 bridgehead atoms. The highest BCUT2D eigenvalue weighted by atomic mass is 16.5. The zero-order valence-corrected chi connectivity index (χ0v) is 18.5. The van der Waals surface area contributed by atoms with Gasteiger partial charge in [0.15, 0.2) is 0 Å². The fourth-order valence-corrected chi connectivity index (χ4v) is 3.37. The molecule has 0 saturated carbocycles. The first-order valence-electron chi connectivity index (χ1n) is 10.7. The summed E-state index contributed by atoms with van der Waals surface area (Å²) in [5, 5.41) is 6.47. The number of benzene rings is 4. The van der Waals surface area contributed by atoms with Gasteiger partial charge in [-0.15, -0.1) is 0 Å². The number of carbonyl (C=O) groups excluding carboxylic acids is 3. The van der Waals surface area contributed by atoms with E-state index in [4.69, 9.17) is 10.6 Å². The maximum atomic E-state index is 13.2. The molecule has 0 aliphatic carbocycles. The van der Waals surface area contributed by atoms with E-state index < -0.39 is 11.8 Å². The van der Waals surface area contributed by atoms with Crippen LogP contribution >= 0.6 is 0 Å². The van der Waals surface area contributed by atoms with Crippen LogP contribution in [0.3, 0.4) is 0 Å². The minimum absolute atomic E-state index is 0.0671. The molecular formula is C28H21N3O4. The summed E-state index contributed by atoms with van der Waals surface area (Å²) < 4.78 is 5.53. The maximum absolute atomic E-state index is 13.2. The van der Waals surface area contributed by atoms with Gasteiger partial charge in [-0.25, -0.2) is 4.79 Å². The molecule has 4 aromatic rings. The average Bonchev–Trinajstić information content (AvgIpc) is 2.91. The summed E-state index contributed by atoms with van der Waals surface area (Å²) in [7, 11) is 0. The van der Waals surface area contributed by atoms with Gasteiger partial charge in [-0.05, 0) is 60.7 Å². The maximum Gasteiger partial charge on any atom is 0.343 e. The van der Waals surface area contributed by atoms with Gasteiger partial charge in [-0.2, -0.15) is 5.10 Å². The van der Waals surface area contributed by atoms with Crippen molar-refractivity contribution in [1.82, 2.24) is 0 Å². The minimum atomic E-state index is -0.569. The second kappa shape index (κ2) is 10.7. The van der Waals surface area contributed by atoms with Crippen molar-refractivity contribution >= 4 is 29.1 Å². The van der Waals surface area contributed by atoms with Crippen molar-refractivity contribution in [3.8, 4) is 5.75 Å². The summed E-state index contributed by atoms with van der Waals surface area (Å²) in [5.74, 6) is 4.45. The van der Waals surface area contributed by atoms with Gasteiger partial charge in [0.25, 0.3) is 5.91 Å². The molecule has 0 aliphatic heterocycles. The third kappa shape index (κ3) is 5.48. The van der Waals surface area contributed by atoms with Gasteiger partial charge in [0.05, 0.1) is 5.56 Å². The topological polar surface area (TPSA) is 111 Å². The summed E-state index contributed by atoms with van der Waals surface area (Å²) in [6.45, 7) is 0. The number of para-hydroxylation sites is 1. The summed E-state index contributed by atoms with van der Waals surface area (Å²) in [5.41, 5.74) is 1.93. The van der Waals surface area contributed by atoms with Gasteiger partial charge in [-0.1, -0.05) is 48.5 Å². The van der Waals surface area contributed by atoms with Crippen molar-refractivity contribution in [3.63, 3.8) is 0 Å². The SMILES string of the molecule is N/N=C(/C(=O)c1ccc(NC(=O)c2ccccc2)cc1)c1ccccc1OC(=O)c1ccccc1. The van der Waals surface area contributed by atoms with Gasteiger partial charge in [-0.3, -0.25) is 9.59 Å². The van der Waals surface area contributed by atoms with Gasteiger partial charge in [0.2, 0.25) is 5.78 Å². The molecule has 0 fully saturated rings. The molecule has 0 heterocycles. The number of carbonyl (C=O) groups is 3. The van der Waals surface area contributed by atoms with E-state index in [9.17, 15) is 14.4 Å². The average molecular weight is 463 g/mol. The summed E-state index contributed by atoms with van der Waals surface area (Å²) in [6, 6.07) is 30.2. The molecule has 0 saturated heterocycles. The molecule has 4 aromatic carbocycles. The fourth-order valence-electron chi connectivity index (χ4n) is 3.37. The molecular weight excluding hydrogens is 442 g/mol. The van der Waals surface area contributed by atoms with Crippen molar-refractivity contribution in [2.75, 3.05) is 5.32 Å². The number of Topliss-reactive ketones (excluding diaryl/α,β-unsaturated/α-hetero) is 1. The van der Waals surface area contributed by atoms with Crippen molar-refractivity contribution in [3.05, 3.63) is 131 Å². The van der Waals surface area contributed by atoms with Crippen LogP contribution in [0, 0.1) is 0 Å². The van der Waals surface area contributed by atoms with Gasteiger partial charge in [0.1, 0.15) is 11.5 Å². The first kappa shape index (κ1) is 23.1. The Morgan fingerprint density at radius 2 is 1.23 bits per heavy atom. The van der Waals surface area contributed by atoms with Crippen LogP contribution in [-0.2, 0) is 0 Å². The molecule has 35 heavy (non-hydrogen) atoms. The summed E-state index contributed by atoms with van der Waals surface area (Å²) in [6.07, 6.45) is 0. The van der Waals surface area contributed by atoms with E-state index in [-0.39, 0.29) is 22.9 Å². The second-order valence-corrected chi connectivity index (χ2v) is 7.46. The quantitative estimate of drug-likeness (QED) is 0.103. The van der Waals surface area contributed by atoms with Crippen molar-refractivity contribution in [1.29, 1.82) is 0 Å². The number of anilines is 1. The van der Waals surface area contributed by atoms with Crippen molar-refractivity contribution in [2.24, 2.45) is 10.9 Å². The van der Waals surface area contributed by atoms with Gasteiger partial charge < -0.3 is 15.9 Å². The Morgan fingerprint density at radius 3 is 1.86 bits per heavy atom. The number of ether oxygens (including phenoxy) is 1. The van der Waals surface area contributed by atoms with Crippen LogP contribution in [0.5, 0.6) is 5.75 Å². The zero-order chi connectivity index (χ0) is 24.6. The van der Waals surface area contributed by atoms with Crippen LogP contribution in [0.15, 0.2) is 114 Å². The molecule has 4 rings (SSSR count). The first-order valence-corrected chi connectivity index (χ1v) is 10.7. The molecule has 3 N–H and O–H groups in total. The highest BCUT2D eigenvalue weighted by Gasteiger charge is 2.22. The lowest BCUT2D eigenvalue weighted by Gasteiger charge is -2.12. The lowest BCUT2D eigenvalue weighted by molar-refractivity contribution is 0.0733. The lowest BCUT2D eigenvalue weighted by Crippen LogP contribution is -2.20. The molecule has 7 nitrogen and oxygen atoms in total. The number of rotatable bonds is 7.